The minimum Gasteiger partial charge on any atom is -0.477 e. The monoisotopic (exact) mass is 1570 g/mol. The van der Waals surface area contributed by atoms with Gasteiger partial charge in [-0.3, -0.25) is 0 Å². The Morgan fingerprint density at radius 3 is 0.779 bits per heavy atom. The topological polar surface area (TPSA) is 609 Å². The molecule has 0 fully saturated rings. The predicted molar refractivity (Wildman–Crippen MR) is 367 cm³/mol. The molecule has 0 saturated carbocycles. The zero-order chi connectivity index (χ0) is 87.9. The quantitative estimate of drug-likeness (QED) is 0.0923. The third kappa shape index (κ3) is 70.1. The van der Waals surface area contributed by atoms with Gasteiger partial charge >= 0.3 is 97.0 Å². The van der Waals surface area contributed by atoms with Gasteiger partial charge in [0.15, 0.2) is 0 Å². The number of aromatic carboxylic acids is 2. The maximum atomic E-state index is 11.2. The van der Waals surface area contributed by atoms with E-state index in [9.17, 15) is 38.4 Å². The highest BCUT2D eigenvalue weighted by Gasteiger charge is 2.10. The van der Waals surface area contributed by atoms with E-state index in [4.69, 9.17) is 106 Å². The van der Waals surface area contributed by atoms with Gasteiger partial charge in [-0.1, -0.05) is 69.3 Å². The number of nitrogens with zero attached hydrogens (tertiary/aromatic N) is 8. The van der Waals surface area contributed by atoms with Crippen molar-refractivity contribution in [1.82, 2.24) is 39.9 Å². The molecule has 0 amide bonds. The second-order valence-corrected chi connectivity index (χ2v) is 17.3. The Morgan fingerprint density at radius 2 is 0.540 bits per heavy atom. The average Bonchev–Trinajstić information content (AvgIpc) is 0.887. The number of pyridine rings is 8. The molecule has 0 aliphatic heterocycles. The molecule has 8 rings (SSSR count). The van der Waals surface area contributed by atoms with E-state index >= 15 is 0 Å². The van der Waals surface area contributed by atoms with Gasteiger partial charge in [0.2, 0.25) is 0 Å². The molecule has 0 saturated heterocycles. The molecule has 40 nitrogen and oxygen atoms in total. The first-order chi connectivity index (χ1) is 54.2. The molecule has 598 valence electrons. The number of esters is 6. The van der Waals surface area contributed by atoms with Crippen LogP contribution in [-0.4, -0.2) is 188 Å². The second-order valence-electron chi connectivity index (χ2n) is 17.3. The fourth-order valence-corrected chi connectivity index (χ4v) is 5.93. The number of hydrogen-bond donors (Lipinski definition) is 2. The van der Waals surface area contributed by atoms with Crippen molar-refractivity contribution in [2.45, 2.75) is 74.7 Å². The van der Waals surface area contributed by atoms with Gasteiger partial charge in [0.05, 0.1) is 40.6 Å². The van der Waals surface area contributed by atoms with Crippen molar-refractivity contribution >= 4 is 97.0 Å². The molecule has 40 heteroatoms. The van der Waals surface area contributed by atoms with Crippen LogP contribution in [0, 0.1) is 6.92 Å². The summed E-state index contributed by atoms with van der Waals surface area (Å²) in [5.74, 6) is -4.21. The second kappa shape index (κ2) is 84.9. The fourth-order valence-electron chi connectivity index (χ4n) is 5.93. The van der Waals surface area contributed by atoms with Crippen LogP contribution >= 0.6 is 0 Å². The maximum Gasteiger partial charge on any atom is 0.373 e. The van der Waals surface area contributed by atoms with Gasteiger partial charge < -0.3 is 38.6 Å². The largest absolute Gasteiger partial charge is 0.477 e. The number of carboxylic acids is 2. The van der Waals surface area contributed by atoms with Crippen molar-refractivity contribution in [2.24, 2.45) is 0 Å². The molecular weight excluding hydrogens is 1500 g/mol. The van der Waals surface area contributed by atoms with Crippen LogP contribution in [0.25, 0.3) is 0 Å². The number of carbonyl (C=O) groups excluding carboxylic acids is 22. The molecule has 8 aromatic heterocycles. The highest BCUT2D eigenvalue weighted by Crippen LogP contribution is 2.05. The van der Waals surface area contributed by atoms with Crippen molar-refractivity contribution in [2.75, 3.05) is 40.6 Å². The van der Waals surface area contributed by atoms with E-state index in [1.807, 2.05) is 52.0 Å². The lowest BCUT2D eigenvalue weighted by Gasteiger charge is -2.01. The molecule has 0 aromatic carbocycles. The SMILES string of the molecule is CCOC(=O)c1ccc(CC)cn1.CCOC(=O)c1cccc(CC)n1.CCOC(=O)c1ccccn1.CCOC(=O)c1ccccn1.CCc1ccc(C(=O)O)nc1.COC(=O)c1cccc(C)n1.COC(=O)c1ccccn1.O=C(O)c1ccccn1.O=C=O.O=C=O.O=C=O.O=C=O.O=C=O.O=C=O.O=C=O.O=C=O. The van der Waals surface area contributed by atoms with Crippen LogP contribution in [0.3, 0.4) is 0 Å². The van der Waals surface area contributed by atoms with Gasteiger partial charge in [-0.05, 0) is 150 Å². The lowest BCUT2D eigenvalue weighted by atomic mass is 10.2. The number of carboxylic acid groups (broad SMARTS) is 2. The van der Waals surface area contributed by atoms with E-state index in [0.29, 0.717) is 60.6 Å². The van der Waals surface area contributed by atoms with Crippen molar-refractivity contribution in [1.29, 1.82) is 0 Å². The van der Waals surface area contributed by atoms with Gasteiger partial charge in [0, 0.05) is 48.6 Å². The van der Waals surface area contributed by atoms with E-state index < -0.39 is 23.9 Å². The Labute approximate surface area is 642 Å². The molecule has 0 aliphatic carbocycles. The van der Waals surface area contributed by atoms with Gasteiger partial charge in [0.1, 0.15) is 45.6 Å². The van der Waals surface area contributed by atoms with Crippen molar-refractivity contribution in [3.8, 4) is 0 Å². The van der Waals surface area contributed by atoms with E-state index in [1.54, 1.807) is 156 Å². The summed E-state index contributed by atoms with van der Waals surface area (Å²) in [5.41, 5.74) is 6.24. The molecule has 8 aromatic rings. The van der Waals surface area contributed by atoms with Crippen LogP contribution in [0.15, 0.2) is 171 Å². The molecular formula is C73H74N8O32. The van der Waals surface area contributed by atoms with Crippen molar-refractivity contribution in [3.63, 3.8) is 0 Å². The number of hydrogen-bond acceptors (Lipinski definition) is 38. The van der Waals surface area contributed by atoms with Crippen LogP contribution in [0.1, 0.15) is 155 Å². The first-order valence-electron chi connectivity index (χ1n) is 30.9. The minimum atomic E-state index is -0.990. The Balaban J connectivity index is -0.000000179. The summed E-state index contributed by atoms with van der Waals surface area (Å²) in [5, 5.41) is 16.8. The lowest BCUT2D eigenvalue weighted by Crippen LogP contribution is -2.07. The number of methoxy groups -OCH3 is 2. The van der Waals surface area contributed by atoms with Crippen LogP contribution < -0.4 is 0 Å². The minimum absolute atomic E-state index is 0.0810. The van der Waals surface area contributed by atoms with E-state index in [-0.39, 0.29) is 84.5 Å². The van der Waals surface area contributed by atoms with Crippen LogP contribution in [0.2, 0.25) is 0 Å². The highest BCUT2D eigenvalue weighted by molar-refractivity contribution is 5.89. The molecule has 0 atom stereocenters. The molecule has 113 heavy (non-hydrogen) atoms. The zero-order valence-electron chi connectivity index (χ0n) is 61.8. The smallest absolute Gasteiger partial charge is 0.373 e. The molecule has 0 unspecified atom stereocenters. The summed E-state index contributed by atoms with van der Waals surface area (Å²) in [7, 11) is 2.67. The number of ether oxygens (including phenoxy) is 6. The summed E-state index contributed by atoms with van der Waals surface area (Å²) < 4.78 is 28.0. The van der Waals surface area contributed by atoms with E-state index in [2.05, 4.69) is 49.3 Å². The van der Waals surface area contributed by atoms with E-state index in [0.717, 1.165) is 41.8 Å². The Bertz CT molecular complexity index is 3990. The van der Waals surface area contributed by atoms with Gasteiger partial charge in [-0.25, -0.2) is 78.2 Å². The standard InChI is InChI=1S/2C10H13NO2.4C8H9NO2.C7H7NO2.C6H5NO2.8CO2/c1-3-8-5-6-9(11-7-8)10(12)13-4-2;1-3-8-6-5-7-9(11-8)10(12)13-4-2;1-6-4-3-5-7(9-6)8(10)11-2;1-2-6-3-4-7(8(10)11)9-5-6;2*1-2-11-8(10)7-5-3-4-6-9-7;1-10-7(9)6-4-2-3-5-8-6;8-6(9)5-3-1-2-4-7-5;8*2-1-3/h2*5-7H,3-4H2,1-2H3;3-5H,1-2H3;3-5H,2H2,1H3,(H,10,11);2*3-6H,2H2,1H3;2-5H,1H3;1-4H,(H,8,9);;;;;;;;. The summed E-state index contributed by atoms with van der Waals surface area (Å²) in [6.45, 7) is 16.5. The molecule has 0 bridgehead atoms. The van der Waals surface area contributed by atoms with Gasteiger partial charge in [0.25, 0.3) is 0 Å². The molecule has 0 aliphatic rings. The number of aromatic nitrogens is 8. The first kappa shape index (κ1) is 113. The first-order valence-corrected chi connectivity index (χ1v) is 30.9. The lowest BCUT2D eigenvalue weighted by molar-refractivity contribution is -0.193. The summed E-state index contributed by atoms with van der Waals surface area (Å²) >= 11 is 0. The Morgan fingerprint density at radius 1 is 0.292 bits per heavy atom. The summed E-state index contributed by atoms with van der Waals surface area (Å²) in [4.78, 5) is 247. The number of aryl methyl sites for hydroxylation is 4. The number of rotatable bonds is 15. The predicted octanol–water partition coefficient (Wildman–Crippen LogP) is 5.66. The Kier molecular flexibility index (Phi) is 84.8. The van der Waals surface area contributed by atoms with Crippen LogP contribution in [-0.2, 0) is 124 Å². The summed E-state index contributed by atoms with van der Waals surface area (Å²) in [6, 6.07) is 37.5. The molecule has 2 N–H and O–H groups in total. The third-order valence-electron chi connectivity index (χ3n) is 10.3. The normalized spacial score (nSPS) is 7.91. The van der Waals surface area contributed by atoms with Crippen molar-refractivity contribution in [3.05, 3.63) is 239 Å². The third-order valence-corrected chi connectivity index (χ3v) is 10.3. The van der Waals surface area contributed by atoms with Crippen molar-refractivity contribution < 1.29 is 154 Å². The number of carbonyl (C=O) groups is 8. The van der Waals surface area contributed by atoms with Crippen LogP contribution in [0.5, 0.6) is 0 Å². The highest BCUT2D eigenvalue weighted by atomic mass is 16.5. The molecule has 0 radical (unpaired) electrons. The zero-order valence-corrected chi connectivity index (χ0v) is 61.8. The summed E-state index contributed by atoms with van der Waals surface area (Å²) in [6.07, 6.45) is 14.0. The maximum absolute atomic E-state index is 11.2. The van der Waals surface area contributed by atoms with Crippen LogP contribution in [0.4, 0.5) is 0 Å². The molecule has 8 heterocycles. The molecule has 0 spiro atoms. The van der Waals surface area contributed by atoms with Gasteiger partial charge in [-0.15, -0.1) is 0 Å². The van der Waals surface area contributed by atoms with E-state index in [1.165, 1.54) is 32.5 Å². The average molecular weight is 1580 g/mol. The van der Waals surface area contributed by atoms with Gasteiger partial charge in [-0.2, -0.15) is 76.7 Å². The Hall–Kier alpha value is -16.0. The fraction of sp³-hybridized carbons (Fsp3) is 0.233.